The van der Waals surface area contributed by atoms with Crippen LogP contribution < -0.4 is 10.6 Å². The van der Waals surface area contributed by atoms with Gasteiger partial charge in [-0.1, -0.05) is 25.9 Å². The second kappa shape index (κ2) is 12.2. The zero-order valence-electron chi connectivity index (χ0n) is 17.0. The first kappa shape index (κ1) is 23.7. The number of halogens is 1. The number of aromatic nitrogens is 1. The van der Waals surface area contributed by atoms with Crippen molar-refractivity contribution in [3.63, 3.8) is 0 Å². The number of amides is 1. The Morgan fingerprint density at radius 3 is 2.74 bits per heavy atom. The van der Waals surface area contributed by atoms with E-state index in [2.05, 4.69) is 41.6 Å². The molecule has 0 aromatic carbocycles. The van der Waals surface area contributed by atoms with Crippen LogP contribution in [0.1, 0.15) is 57.1 Å². The largest absolute Gasteiger partial charge is 0.361 e. The lowest BCUT2D eigenvalue weighted by atomic mass is 10.00. The van der Waals surface area contributed by atoms with E-state index >= 15 is 0 Å². The summed E-state index contributed by atoms with van der Waals surface area (Å²) in [6.45, 7) is 9.32. The second-order valence-corrected chi connectivity index (χ2v) is 6.93. The van der Waals surface area contributed by atoms with Gasteiger partial charge in [0.25, 0.3) is 0 Å². The predicted molar refractivity (Wildman–Crippen MR) is 118 cm³/mol. The molecule has 7 nitrogen and oxygen atoms in total. The molecule has 8 heteroatoms. The number of nitrogens with zero attached hydrogens (tertiary/aromatic N) is 3. The van der Waals surface area contributed by atoms with E-state index in [0.29, 0.717) is 31.4 Å². The molecule has 1 fully saturated rings. The monoisotopic (exact) mass is 491 g/mol. The average molecular weight is 491 g/mol. The van der Waals surface area contributed by atoms with E-state index in [1.807, 2.05) is 4.90 Å². The summed E-state index contributed by atoms with van der Waals surface area (Å²) in [6.07, 6.45) is 4.48. The normalized spacial score (nSPS) is 17.4. The van der Waals surface area contributed by atoms with Crippen LogP contribution in [0.2, 0.25) is 0 Å². The van der Waals surface area contributed by atoms with Gasteiger partial charge in [-0.3, -0.25) is 9.79 Å². The Balaban J connectivity index is 0.00000364. The van der Waals surface area contributed by atoms with E-state index in [0.717, 1.165) is 49.4 Å². The van der Waals surface area contributed by atoms with Crippen LogP contribution in [0.4, 0.5) is 0 Å². The van der Waals surface area contributed by atoms with E-state index in [1.165, 1.54) is 6.42 Å². The van der Waals surface area contributed by atoms with Crippen LogP contribution in [-0.2, 0) is 24.2 Å². The van der Waals surface area contributed by atoms with Gasteiger partial charge in [-0.05, 0) is 25.2 Å². The van der Waals surface area contributed by atoms with E-state index in [-0.39, 0.29) is 29.9 Å². The Kier molecular flexibility index (Phi) is 10.7. The molecular weight excluding hydrogens is 457 g/mol. The number of likely N-dealkylation sites (tertiary alicyclic amines) is 1. The van der Waals surface area contributed by atoms with Crippen LogP contribution in [0.5, 0.6) is 0 Å². The average Bonchev–Trinajstić information content (AvgIpc) is 3.06. The fourth-order valence-electron chi connectivity index (χ4n) is 3.39. The van der Waals surface area contributed by atoms with Gasteiger partial charge in [0.15, 0.2) is 5.96 Å². The molecule has 1 aliphatic heterocycles. The predicted octanol–water partition coefficient (Wildman–Crippen LogP) is 2.73. The number of aliphatic imine (C=N–C) groups is 1. The quantitative estimate of drug-likeness (QED) is 0.348. The smallest absolute Gasteiger partial charge is 0.224 e. The van der Waals surface area contributed by atoms with Gasteiger partial charge < -0.3 is 20.1 Å². The number of hydrogen-bond acceptors (Lipinski definition) is 4. The van der Waals surface area contributed by atoms with Gasteiger partial charge in [-0.25, -0.2) is 0 Å². The molecular formula is C19H34IN5O2. The first-order chi connectivity index (χ1) is 12.6. The van der Waals surface area contributed by atoms with Crippen molar-refractivity contribution in [2.75, 3.05) is 26.7 Å². The van der Waals surface area contributed by atoms with Crippen LogP contribution in [-0.4, -0.2) is 48.6 Å². The number of rotatable bonds is 7. The molecule has 1 aromatic heterocycles. The van der Waals surface area contributed by atoms with Crippen molar-refractivity contribution in [2.24, 2.45) is 10.9 Å². The minimum Gasteiger partial charge on any atom is -0.361 e. The Labute approximate surface area is 179 Å². The Morgan fingerprint density at radius 2 is 2.11 bits per heavy atom. The summed E-state index contributed by atoms with van der Waals surface area (Å²) < 4.78 is 5.39. The lowest BCUT2D eigenvalue weighted by Gasteiger charge is -2.31. The zero-order chi connectivity index (χ0) is 18.9. The van der Waals surface area contributed by atoms with Gasteiger partial charge in [0.05, 0.1) is 5.69 Å². The number of carbonyl (C=O) groups excluding carboxylic acids is 1. The molecule has 154 valence electrons. The number of hydrogen-bond donors (Lipinski definition) is 2. The Hall–Kier alpha value is -1.32. The highest BCUT2D eigenvalue weighted by atomic mass is 127. The molecule has 0 bridgehead atoms. The number of carbonyl (C=O) groups is 1. The van der Waals surface area contributed by atoms with E-state index in [9.17, 15) is 4.79 Å². The number of nitrogens with one attached hydrogen (secondary N) is 2. The van der Waals surface area contributed by atoms with Gasteiger partial charge in [0.2, 0.25) is 5.91 Å². The fourth-order valence-corrected chi connectivity index (χ4v) is 3.39. The summed E-state index contributed by atoms with van der Waals surface area (Å²) in [5, 5.41) is 10.7. The van der Waals surface area contributed by atoms with Crippen LogP contribution in [0.3, 0.4) is 0 Å². The molecule has 27 heavy (non-hydrogen) atoms. The van der Waals surface area contributed by atoms with E-state index in [1.54, 1.807) is 7.05 Å². The molecule has 1 aromatic rings. The summed E-state index contributed by atoms with van der Waals surface area (Å²) in [5.74, 6) is 2.44. The summed E-state index contributed by atoms with van der Waals surface area (Å²) in [6, 6.07) is 0. The first-order valence-corrected chi connectivity index (χ1v) is 9.77. The third-order valence-corrected chi connectivity index (χ3v) is 4.90. The van der Waals surface area contributed by atoms with Crippen molar-refractivity contribution >= 4 is 35.8 Å². The summed E-state index contributed by atoms with van der Waals surface area (Å²) in [5.41, 5.74) is 2.09. The summed E-state index contributed by atoms with van der Waals surface area (Å²) in [4.78, 5) is 18.6. The van der Waals surface area contributed by atoms with E-state index < -0.39 is 0 Å². The van der Waals surface area contributed by atoms with Crippen molar-refractivity contribution in [3.8, 4) is 0 Å². The van der Waals surface area contributed by atoms with E-state index in [4.69, 9.17) is 4.52 Å². The third-order valence-electron chi connectivity index (χ3n) is 4.90. The van der Waals surface area contributed by atoms with Crippen molar-refractivity contribution in [2.45, 2.75) is 59.4 Å². The minimum absolute atomic E-state index is 0. The van der Waals surface area contributed by atoms with Gasteiger partial charge in [0.1, 0.15) is 5.76 Å². The highest BCUT2D eigenvalue weighted by Crippen LogP contribution is 2.16. The Morgan fingerprint density at radius 1 is 1.33 bits per heavy atom. The van der Waals surface area contributed by atoms with Gasteiger partial charge >= 0.3 is 0 Å². The Bertz CT molecular complexity index is 596. The highest BCUT2D eigenvalue weighted by Gasteiger charge is 2.20. The third kappa shape index (κ3) is 6.97. The number of aryl methyl sites for hydroxylation is 2. The maximum absolute atomic E-state index is 12.3. The molecule has 1 amide bonds. The molecule has 1 aliphatic rings. The summed E-state index contributed by atoms with van der Waals surface area (Å²) in [7, 11) is 1.73. The molecule has 2 heterocycles. The molecule has 2 N–H and O–H groups in total. The maximum Gasteiger partial charge on any atom is 0.224 e. The van der Waals surface area contributed by atoms with Crippen LogP contribution in [0.25, 0.3) is 0 Å². The SMILES string of the molecule is CCc1noc(CC)c1CNC(=NC)NCCC(=O)N1CCCC(C)C1.I. The van der Waals surface area contributed by atoms with Crippen LogP contribution >= 0.6 is 24.0 Å². The van der Waals surface area contributed by atoms with Crippen LogP contribution in [0, 0.1) is 5.92 Å². The molecule has 1 saturated heterocycles. The van der Waals surface area contributed by atoms with Crippen LogP contribution in [0.15, 0.2) is 9.52 Å². The topological polar surface area (TPSA) is 82.8 Å². The maximum atomic E-state index is 12.3. The van der Waals surface area contributed by atoms with Gasteiger partial charge in [-0.2, -0.15) is 0 Å². The molecule has 0 spiro atoms. The van der Waals surface area contributed by atoms with Crippen molar-refractivity contribution in [1.29, 1.82) is 0 Å². The molecule has 0 aliphatic carbocycles. The van der Waals surface area contributed by atoms with Crippen molar-refractivity contribution < 1.29 is 9.32 Å². The molecule has 1 unspecified atom stereocenters. The summed E-state index contributed by atoms with van der Waals surface area (Å²) >= 11 is 0. The van der Waals surface area contributed by atoms with Gasteiger partial charge in [0, 0.05) is 51.6 Å². The molecule has 2 rings (SSSR count). The number of guanidine groups is 1. The second-order valence-electron chi connectivity index (χ2n) is 6.93. The fraction of sp³-hybridized carbons (Fsp3) is 0.737. The minimum atomic E-state index is 0. The van der Waals surface area contributed by atoms with Crippen molar-refractivity contribution in [3.05, 3.63) is 17.0 Å². The standard InChI is InChI=1S/C19H33N5O2.HI/c1-5-16-15(17(6-2)26-23-16)12-22-19(20-4)21-10-9-18(25)24-11-7-8-14(3)13-24;/h14H,5-13H2,1-4H3,(H2,20,21,22);1H. The highest BCUT2D eigenvalue weighted by molar-refractivity contribution is 14.0. The first-order valence-electron chi connectivity index (χ1n) is 9.77. The lowest BCUT2D eigenvalue weighted by Crippen LogP contribution is -2.42. The molecule has 0 saturated carbocycles. The lowest BCUT2D eigenvalue weighted by molar-refractivity contribution is -0.132. The van der Waals surface area contributed by atoms with Gasteiger partial charge in [-0.15, -0.1) is 24.0 Å². The van der Waals surface area contributed by atoms with Crippen molar-refractivity contribution in [1.82, 2.24) is 20.7 Å². The molecule has 0 radical (unpaired) electrons. The number of piperidine rings is 1. The zero-order valence-corrected chi connectivity index (χ0v) is 19.3. The molecule has 1 atom stereocenters.